The quantitative estimate of drug-likeness (QED) is 0.326. The van der Waals surface area contributed by atoms with Crippen molar-refractivity contribution in [2.45, 2.75) is 143 Å². The molecule has 2 spiro atoms. The van der Waals surface area contributed by atoms with Gasteiger partial charge in [-0.15, -0.1) is 0 Å². The normalized spacial score (nSPS) is 47.6. The fourth-order valence-corrected chi connectivity index (χ4v) is 12.9. The first-order chi connectivity index (χ1) is 22.0. The number of hydrogen-bond acceptors (Lipinski definition) is 8. The smallest absolute Gasteiger partial charge is 0.303 e. The highest BCUT2D eigenvalue weighted by Crippen LogP contribution is 2.90. The molecular weight excluding hydrogens is 594 g/mol. The number of nitrogens with zero attached hydrogens (tertiary/aromatic N) is 1. The molecule has 5 radical (unpaired) electrons. The predicted octanol–water partition coefficient (Wildman–Crippen LogP) is 5.93. The van der Waals surface area contributed by atoms with Crippen molar-refractivity contribution in [3.05, 3.63) is 25.0 Å². The van der Waals surface area contributed by atoms with Gasteiger partial charge in [-0.3, -0.25) is 9.69 Å². The van der Waals surface area contributed by atoms with E-state index >= 15 is 0 Å². The van der Waals surface area contributed by atoms with E-state index in [9.17, 15) is 15.0 Å². The van der Waals surface area contributed by atoms with Gasteiger partial charge in [-0.2, -0.15) is 0 Å². The van der Waals surface area contributed by atoms with Crippen LogP contribution in [0, 0.1) is 69.9 Å². The monoisotopic (exact) mass is 654 g/mol. The number of esters is 1. The number of ether oxygens (including phenoxy) is 4. The van der Waals surface area contributed by atoms with E-state index in [0.717, 1.165) is 57.8 Å². The Morgan fingerprint density at radius 3 is 2.60 bits per heavy atom. The summed E-state index contributed by atoms with van der Waals surface area (Å²) < 4.78 is 25.2. The Morgan fingerprint density at radius 1 is 1.17 bits per heavy atom. The Bertz CT molecular complexity index is 1220. The van der Waals surface area contributed by atoms with Crippen LogP contribution < -0.4 is 0 Å². The molecule has 47 heavy (non-hydrogen) atoms. The zero-order valence-electron chi connectivity index (χ0n) is 30.2. The second-order valence-electron chi connectivity index (χ2n) is 18.2. The molecule has 0 aromatic carbocycles. The number of hydrogen-bond donors (Lipinski definition) is 2. The highest BCUT2D eigenvalue weighted by atomic mass is 16.7. The molecule has 2 N–H and O–H groups in total. The van der Waals surface area contributed by atoms with Crippen LogP contribution in [0.1, 0.15) is 113 Å². The third-order valence-electron chi connectivity index (χ3n) is 15.1. The summed E-state index contributed by atoms with van der Waals surface area (Å²) in [4.78, 5) is 14.4. The van der Waals surface area contributed by atoms with Crippen LogP contribution >= 0.6 is 0 Å². The summed E-state index contributed by atoms with van der Waals surface area (Å²) in [6, 6.07) is 0. The van der Waals surface area contributed by atoms with Gasteiger partial charge in [-0.1, -0.05) is 34.6 Å². The van der Waals surface area contributed by atoms with Gasteiger partial charge in [0.2, 0.25) is 0 Å². The minimum atomic E-state index is -1.31. The lowest BCUT2D eigenvalue weighted by Crippen LogP contribution is -2.59. The van der Waals surface area contributed by atoms with Crippen molar-refractivity contribution < 1.29 is 34.0 Å². The molecule has 8 heteroatoms. The van der Waals surface area contributed by atoms with E-state index in [-0.39, 0.29) is 45.9 Å². The molecular formula is C39H60NO7. The van der Waals surface area contributed by atoms with E-state index in [1.807, 2.05) is 0 Å². The zero-order valence-corrected chi connectivity index (χ0v) is 30.2. The maximum atomic E-state index is 12.5. The van der Waals surface area contributed by atoms with Gasteiger partial charge in [0.15, 0.2) is 12.4 Å². The summed E-state index contributed by atoms with van der Waals surface area (Å²) in [7, 11) is 0. The SMILES string of the molecule is [CH]CCN1CCO[C@@H](O[C@H]2CC[C@]34C[C@]35CC[C@]3(C)[C@@H]6[C](O[C]([C@H](OC(C)=O)C(C)(C)O)C[C@H]6C)[C@H](O)[C@@]3(C)[C]5CC[C@H]4C2(C)C)C1. The molecule has 0 bridgehead atoms. The number of carbonyl (C=O) groups excluding carboxylic acids is 1. The summed E-state index contributed by atoms with van der Waals surface area (Å²) in [5, 5.41) is 23.5. The van der Waals surface area contributed by atoms with E-state index in [2.05, 4.69) is 39.5 Å². The highest BCUT2D eigenvalue weighted by Gasteiger charge is 2.85. The third kappa shape index (κ3) is 4.83. The maximum Gasteiger partial charge on any atom is 0.303 e. The average molecular weight is 655 g/mol. The first-order valence-corrected chi connectivity index (χ1v) is 18.5. The molecule has 11 atom stereocenters. The largest absolute Gasteiger partial charge is 0.456 e. The van der Waals surface area contributed by atoms with Gasteiger partial charge in [0, 0.05) is 31.3 Å². The fourth-order valence-electron chi connectivity index (χ4n) is 12.9. The van der Waals surface area contributed by atoms with Crippen LogP contribution in [0.4, 0.5) is 0 Å². The van der Waals surface area contributed by atoms with Gasteiger partial charge < -0.3 is 29.2 Å². The number of aliphatic hydroxyl groups is 2. The molecule has 8 nitrogen and oxygen atoms in total. The first-order valence-electron chi connectivity index (χ1n) is 18.5. The van der Waals surface area contributed by atoms with Crippen molar-refractivity contribution >= 4 is 5.97 Å². The number of carbonyl (C=O) groups is 1. The van der Waals surface area contributed by atoms with Crippen molar-refractivity contribution in [3.63, 3.8) is 0 Å². The van der Waals surface area contributed by atoms with Gasteiger partial charge in [0.25, 0.3) is 0 Å². The van der Waals surface area contributed by atoms with E-state index in [4.69, 9.17) is 25.9 Å². The molecule has 7 aliphatic rings. The van der Waals surface area contributed by atoms with Gasteiger partial charge in [0.1, 0.15) is 12.2 Å². The molecule has 0 amide bonds. The number of rotatable bonds is 7. The summed E-state index contributed by atoms with van der Waals surface area (Å²) in [5.74, 6) is 1.98. The van der Waals surface area contributed by atoms with Crippen LogP contribution in [0.3, 0.4) is 0 Å². The second kappa shape index (κ2) is 11.4. The second-order valence-corrected chi connectivity index (χ2v) is 18.2. The molecule has 7 rings (SSSR count). The standard InChI is InChI=1S/C39H60NO7/c1-10-17-40-18-19-44-29(21-40)47-28-13-14-38-22-39(38)16-15-36(8)30-23(2)20-25(33(35(6,7)43)45-24(3)41)46-31(30)32(42)37(36,9)27(39)12-11-26(38)34(28,4)5/h1,23,26,28-30,32-33,42-43H,10-22H2,2-9H3/t23-,26+,28+,29+,30+,32+,33+,36-,37-,38-,39+/m1/s1. The minimum Gasteiger partial charge on any atom is -0.456 e. The van der Waals surface area contributed by atoms with E-state index in [1.165, 1.54) is 19.8 Å². The molecule has 263 valence electrons. The molecule has 2 heterocycles. The van der Waals surface area contributed by atoms with E-state index < -0.39 is 29.2 Å². The zero-order chi connectivity index (χ0) is 33.9. The molecule has 5 aliphatic carbocycles. The van der Waals surface area contributed by atoms with Gasteiger partial charge in [0.05, 0.1) is 24.4 Å². The van der Waals surface area contributed by atoms with Crippen molar-refractivity contribution in [1.29, 1.82) is 0 Å². The molecule has 0 aromatic rings. The van der Waals surface area contributed by atoms with Crippen LogP contribution in [0.2, 0.25) is 0 Å². The lowest BCUT2D eigenvalue weighted by atomic mass is 9.41. The minimum absolute atomic E-state index is 0.0236. The number of fused-ring (bicyclic) bond motifs is 4. The van der Waals surface area contributed by atoms with Crippen molar-refractivity contribution in [3.8, 4) is 0 Å². The number of aliphatic hydroxyl groups excluding tert-OH is 1. The topological polar surface area (TPSA) is 97.7 Å². The molecule has 2 aliphatic heterocycles. The van der Waals surface area contributed by atoms with Crippen molar-refractivity contribution in [2.75, 3.05) is 26.2 Å². The third-order valence-corrected chi connectivity index (χ3v) is 15.1. The van der Waals surface area contributed by atoms with Crippen LogP contribution in [0.15, 0.2) is 0 Å². The van der Waals surface area contributed by atoms with Crippen LogP contribution in [-0.4, -0.2) is 77.5 Å². The van der Waals surface area contributed by atoms with E-state index in [1.54, 1.807) is 19.8 Å². The van der Waals surface area contributed by atoms with Crippen LogP contribution in [0.5, 0.6) is 0 Å². The Morgan fingerprint density at radius 2 is 1.91 bits per heavy atom. The molecule has 0 unspecified atom stereocenters. The van der Waals surface area contributed by atoms with E-state index in [0.29, 0.717) is 31.5 Å². The highest BCUT2D eigenvalue weighted by molar-refractivity contribution is 5.66. The Hall–Kier alpha value is -0.770. The summed E-state index contributed by atoms with van der Waals surface area (Å²) in [6.45, 7) is 25.7. The first kappa shape index (κ1) is 34.7. The van der Waals surface area contributed by atoms with Crippen LogP contribution in [-0.2, 0) is 23.7 Å². The fraction of sp³-hybridized carbons (Fsp3) is 0.872. The summed E-state index contributed by atoms with van der Waals surface area (Å²) in [6.07, 6.45) is 8.64. The lowest BCUT2D eigenvalue weighted by Gasteiger charge is -2.63. The van der Waals surface area contributed by atoms with Crippen LogP contribution in [0.25, 0.3) is 0 Å². The number of morpholine rings is 1. The average Bonchev–Trinajstić information content (AvgIpc) is 3.62. The van der Waals surface area contributed by atoms with Crippen molar-refractivity contribution in [2.24, 2.45) is 44.8 Å². The summed E-state index contributed by atoms with van der Waals surface area (Å²) in [5.41, 5.74) is -1.41. The molecule has 2 saturated heterocycles. The van der Waals surface area contributed by atoms with Crippen molar-refractivity contribution in [1.82, 2.24) is 4.90 Å². The Labute approximate surface area is 284 Å². The van der Waals surface area contributed by atoms with Gasteiger partial charge >= 0.3 is 5.97 Å². The van der Waals surface area contributed by atoms with Gasteiger partial charge in [-0.25, -0.2) is 0 Å². The molecule has 5 saturated carbocycles. The Balaban J connectivity index is 1.13. The maximum absolute atomic E-state index is 12.5. The summed E-state index contributed by atoms with van der Waals surface area (Å²) >= 11 is 0. The molecule has 0 aromatic heterocycles. The van der Waals surface area contributed by atoms with Gasteiger partial charge in [-0.05, 0) is 125 Å². The predicted molar refractivity (Wildman–Crippen MR) is 177 cm³/mol. The lowest BCUT2D eigenvalue weighted by molar-refractivity contribution is -0.243. The Kier molecular flexibility index (Phi) is 8.38. The molecule has 7 fully saturated rings.